The van der Waals surface area contributed by atoms with E-state index in [0.29, 0.717) is 11.8 Å². The standard InChI is InChI=1S/C14H22O/c1-9(2)14-6-5-10(3)12(8-14)13(15)7-11(14)4/h5,11-13,15H,1,6-8H2,2-4H3/t11-,12?,13-,14-/m1/s1. The maximum Gasteiger partial charge on any atom is 0.0608 e. The summed E-state index contributed by atoms with van der Waals surface area (Å²) in [7, 11) is 0. The molecule has 1 unspecified atom stereocenters. The molecule has 0 saturated heterocycles. The molecule has 2 aliphatic carbocycles. The molecule has 0 aromatic rings. The molecular formula is C14H22O. The molecule has 0 heterocycles. The molecular weight excluding hydrogens is 184 g/mol. The normalized spacial score (nSPS) is 44.8. The van der Waals surface area contributed by atoms with Gasteiger partial charge < -0.3 is 5.11 Å². The zero-order valence-electron chi connectivity index (χ0n) is 10.1. The molecule has 1 nitrogen and oxygen atoms in total. The minimum atomic E-state index is -0.135. The Morgan fingerprint density at radius 3 is 2.87 bits per heavy atom. The van der Waals surface area contributed by atoms with Crippen molar-refractivity contribution in [2.75, 3.05) is 0 Å². The summed E-state index contributed by atoms with van der Waals surface area (Å²) in [5, 5.41) is 10.1. The lowest BCUT2D eigenvalue weighted by atomic mass is 9.54. The topological polar surface area (TPSA) is 20.2 Å². The molecule has 2 bridgehead atoms. The largest absolute Gasteiger partial charge is 0.392 e. The molecule has 2 aliphatic rings. The number of hydrogen-bond donors (Lipinski definition) is 1. The zero-order chi connectivity index (χ0) is 11.2. The van der Waals surface area contributed by atoms with E-state index in [-0.39, 0.29) is 11.5 Å². The van der Waals surface area contributed by atoms with Crippen LogP contribution >= 0.6 is 0 Å². The summed E-state index contributed by atoms with van der Waals surface area (Å²) in [6.45, 7) is 10.8. The van der Waals surface area contributed by atoms with Crippen LogP contribution in [0.3, 0.4) is 0 Å². The summed E-state index contributed by atoms with van der Waals surface area (Å²) in [6.07, 6.45) is 5.35. The zero-order valence-corrected chi connectivity index (χ0v) is 10.1. The van der Waals surface area contributed by atoms with E-state index in [0.717, 1.165) is 19.3 Å². The van der Waals surface area contributed by atoms with E-state index < -0.39 is 0 Å². The van der Waals surface area contributed by atoms with Gasteiger partial charge in [-0.15, -0.1) is 0 Å². The van der Waals surface area contributed by atoms with Crippen LogP contribution in [0.15, 0.2) is 23.8 Å². The molecule has 0 amide bonds. The van der Waals surface area contributed by atoms with Gasteiger partial charge >= 0.3 is 0 Å². The Bertz CT molecular complexity index is 315. The summed E-state index contributed by atoms with van der Waals surface area (Å²) in [5.41, 5.74) is 2.95. The van der Waals surface area contributed by atoms with Crippen molar-refractivity contribution in [3.63, 3.8) is 0 Å². The van der Waals surface area contributed by atoms with E-state index in [1.54, 1.807) is 0 Å². The van der Waals surface area contributed by atoms with Crippen molar-refractivity contribution in [2.24, 2.45) is 17.3 Å². The molecule has 84 valence electrons. The third-order valence-corrected chi connectivity index (χ3v) is 4.81. The Kier molecular flexibility index (Phi) is 2.54. The van der Waals surface area contributed by atoms with Gasteiger partial charge in [-0.05, 0) is 44.4 Å². The van der Waals surface area contributed by atoms with Crippen LogP contribution in [0.1, 0.15) is 40.0 Å². The molecule has 2 rings (SSSR count). The maximum atomic E-state index is 10.1. The summed E-state index contributed by atoms with van der Waals surface area (Å²) in [6, 6.07) is 0. The molecule has 1 heteroatoms. The van der Waals surface area contributed by atoms with Crippen molar-refractivity contribution >= 4 is 0 Å². The average Bonchev–Trinajstić information content (AvgIpc) is 2.16. The average molecular weight is 206 g/mol. The number of aliphatic hydroxyl groups is 1. The van der Waals surface area contributed by atoms with Crippen LogP contribution in [0.25, 0.3) is 0 Å². The van der Waals surface area contributed by atoms with Crippen molar-refractivity contribution in [1.29, 1.82) is 0 Å². The highest BCUT2D eigenvalue weighted by molar-refractivity contribution is 5.24. The minimum absolute atomic E-state index is 0.135. The third kappa shape index (κ3) is 1.48. The summed E-state index contributed by atoms with van der Waals surface area (Å²) >= 11 is 0. The number of rotatable bonds is 1. The first-order valence-electron chi connectivity index (χ1n) is 5.98. The second kappa shape index (κ2) is 3.48. The highest BCUT2D eigenvalue weighted by Crippen LogP contribution is 2.55. The molecule has 1 saturated carbocycles. The summed E-state index contributed by atoms with van der Waals surface area (Å²) in [5.74, 6) is 0.942. The number of fused-ring (bicyclic) bond motifs is 2. The molecule has 0 spiro atoms. The number of aliphatic hydroxyl groups excluding tert-OH is 1. The Labute approximate surface area is 92.9 Å². The highest BCUT2D eigenvalue weighted by Gasteiger charge is 2.47. The molecule has 0 aromatic carbocycles. The van der Waals surface area contributed by atoms with E-state index in [9.17, 15) is 5.11 Å². The second-order valence-corrected chi connectivity index (χ2v) is 5.60. The van der Waals surface area contributed by atoms with Crippen molar-refractivity contribution in [3.8, 4) is 0 Å². The van der Waals surface area contributed by atoms with E-state index in [1.807, 2.05) is 0 Å². The van der Waals surface area contributed by atoms with Gasteiger partial charge in [0.15, 0.2) is 0 Å². The molecule has 0 radical (unpaired) electrons. The van der Waals surface area contributed by atoms with Crippen LogP contribution < -0.4 is 0 Å². The smallest absolute Gasteiger partial charge is 0.0608 e. The first kappa shape index (κ1) is 10.9. The fourth-order valence-corrected chi connectivity index (χ4v) is 3.49. The second-order valence-electron chi connectivity index (χ2n) is 5.60. The first-order chi connectivity index (χ1) is 6.97. The van der Waals surface area contributed by atoms with Crippen LogP contribution in [0.2, 0.25) is 0 Å². The quantitative estimate of drug-likeness (QED) is 0.653. The fourth-order valence-electron chi connectivity index (χ4n) is 3.49. The van der Waals surface area contributed by atoms with Gasteiger partial charge in [-0.1, -0.05) is 30.7 Å². The van der Waals surface area contributed by atoms with Gasteiger partial charge in [-0.25, -0.2) is 0 Å². The summed E-state index contributed by atoms with van der Waals surface area (Å²) < 4.78 is 0. The molecule has 15 heavy (non-hydrogen) atoms. The lowest BCUT2D eigenvalue weighted by Crippen LogP contribution is -2.45. The van der Waals surface area contributed by atoms with Crippen LogP contribution in [0, 0.1) is 17.3 Å². The maximum absolute atomic E-state index is 10.1. The first-order valence-corrected chi connectivity index (χ1v) is 5.98. The van der Waals surface area contributed by atoms with Gasteiger partial charge in [0.2, 0.25) is 0 Å². The van der Waals surface area contributed by atoms with Gasteiger partial charge in [0.25, 0.3) is 0 Å². The predicted molar refractivity (Wildman–Crippen MR) is 63.5 cm³/mol. The molecule has 0 aromatic heterocycles. The van der Waals surface area contributed by atoms with Crippen LogP contribution in [0.4, 0.5) is 0 Å². The Morgan fingerprint density at radius 2 is 2.27 bits per heavy atom. The SMILES string of the molecule is C=C(C)[C@@]12CC=C(C)C(C1)[C@H](O)C[C@H]2C. The third-order valence-electron chi connectivity index (χ3n) is 4.81. The van der Waals surface area contributed by atoms with Crippen molar-refractivity contribution < 1.29 is 5.11 Å². The Morgan fingerprint density at radius 1 is 1.60 bits per heavy atom. The molecule has 4 atom stereocenters. The van der Waals surface area contributed by atoms with Crippen molar-refractivity contribution in [1.82, 2.24) is 0 Å². The van der Waals surface area contributed by atoms with Gasteiger partial charge in [0.1, 0.15) is 0 Å². The van der Waals surface area contributed by atoms with Gasteiger partial charge in [-0.2, -0.15) is 0 Å². The lowest BCUT2D eigenvalue weighted by molar-refractivity contribution is -0.00600. The number of hydrogen-bond acceptors (Lipinski definition) is 1. The Hall–Kier alpha value is -0.560. The number of allylic oxidation sites excluding steroid dienone is 2. The van der Waals surface area contributed by atoms with Gasteiger partial charge in [0, 0.05) is 5.92 Å². The highest BCUT2D eigenvalue weighted by atomic mass is 16.3. The van der Waals surface area contributed by atoms with E-state index in [1.165, 1.54) is 11.1 Å². The van der Waals surface area contributed by atoms with Gasteiger partial charge in [0.05, 0.1) is 6.10 Å². The molecule has 0 aliphatic heterocycles. The van der Waals surface area contributed by atoms with E-state index in [2.05, 4.69) is 33.4 Å². The van der Waals surface area contributed by atoms with Crippen molar-refractivity contribution in [2.45, 2.75) is 46.1 Å². The monoisotopic (exact) mass is 206 g/mol. The minimum Gasteiger partial charge on any atom is -0.392 e. The van der Waals surface area contributed by atoms with Crippen molar-refractivity contribution in [3.05, 3.63) is 23.8 Å². The van der Waals surface area contributed by atoms with Crippen LogP contribution in [-0.4, -0.2) is 11.2 Å². The Balaban J connectivity index is 2.39. The predicted octanol–water partition coefficient (Wildman–Crippen LogP) is 3.31. The van der Waals surface area contributed by atoms with Gasteiger partial charge in [-0.3, -0.25) is 0 Å². The fraction of sp³-hybridized carbons (Fsp3) is 0.714. The van der Waals surface area contributed by atoms with E-state index in [4.69, 9.17) is 0 Å². The van der Waals surface area contributed by atoms with Crippen LogP contribution in [-0.2, 0) is 0 Å². The molecule has 1 N–H and O–H groups in total. The van der Waals surface area contributed by atoms with Crippen LogP contribution in [0.5, 0.6) is 0 Å². The summed E-state index contributed by atoms with van der Waals surface area (Å²) in [4.78, 5) is 0. The van der Waals surface area contributed by atoms with E-state index >= 15 is 0 Å². The lowest BCUT2D eigenvalue weighted by Gasteiger charge is -2.51. The molecule has 1 fully saturated rings.